The molecule has 0 saturated carbocycles. The fourth-order valence-corrected chi connectivity index (χ4v) is 4.20. The maximum Gasteiger partial charge on any atom is 0.227 e. The number of methoxy groups -OCH3 is 1. The van der Waals surface area contributed by atoms with E-state index in [0.29, 0.717) is 6.04 Å². The van der Waals surface area contributed by atoms with Crippen molar-refractivity contribution in [1.82, 2.24) is 14.9 Å². The van der Waals surface area contributed by atoms with Gasteiger partial charge in [-0.15, -0.1) is 0 Å². The van der Waals surface area contributed by atoms with Crippen molar-refractivity contribution in [2.45, 2.75) is 25.4 Å². The highest BCUT2D eigenvalue weighted by atomic mass is 16.5. The van der Waals surface area contributed by atoms with E-state index in [2.05, 4.69) is 38.9 Å². The van der Waals surface area contributed by atoms with Crippen LogP contribution < -0.4 is 14.5 Å². The molecule has 1 aromatic heterocycles. The molecule has 0 N–H and O–H groups in total. The van der Waals surface area contributed by atoms with Gasteiger partial charge in [0.05, 0.1) is 20.3 Å². The summed E-state index contributed by atoms with van der Waals surface area (Å²) in [5, 5.41) is 0. The third-order valence-corrected chi connectivity index (χ3v) is 5.90. The molecule has 7 heteroatoms. The molecule has 1 unspecified atom stereocenters. The summed E-state index contributed by atoms with van der Waals surface area (Å²) in [6.45, 7) is 6.23. The summed E-state index contributed by atoms with van der Waals surface area (Å²) < 4.78 is 11.0. The minimum atomic E-state index is 0.436. The largest absolute Gasteiger partial charge is 0.496 e. The van der Waals surface area contributed by atoms with Crippen LogP contribution in [0.3, 0.4) is 0 Å². The molecule has 7 nitrogen and oxygen atoms in total. The van der Waals surface area contributed by atoms with E-state index in [1.165, 1.54) is 18.4 Å². The third kappa shape index (κ3) is 4.79. The SMILES string of the molecule is COc1ccccc1CN1CCCC(N(C)c2ccnc(N3CCOCC3)n2)C1. The first-order chi connectivity index (χ1) is 14.2. The highest BCUT2D eigenvalue weighted by molar-refractivity contribution is 5.44. The molecule has 3 heterocycles. The van der Waals surface area contributed by atoms with Crippen molar-refractivity contribution in [3.05, 3.63) is 42.1 Å². The van der Waals surface area contributed by atoms with E-state index in [4.69, 9.17) is 14.5 Å². The van der Waals surface area contributed by atoms with Crippen LogP contribution in [0, 0.1) is 0 Å². The molecule has 29 heavy (non-hydrogen) atoms. The Kier molecular flexibility index (Phi) is 6.46. The lowest BCUT2D eigenvalue weighted by atomic mass is 10.0. The van der Waals surface area contributed by atoms with Gasteiger partial charge in [0.25, 0.3) is 0 Å². The molecule has 0 amide bonds. The van der Waals surface area contributed by atoms with E-state index in [1.807, 2.05) is 24.4 Å². The molecule has 2 saturated heterocycles. The number of likely N-dealkylation sites (N-methyl/N-ethyl adjacent to an activating group) is 1. The Balaban J connectivity index is 1.42. The van der Waals surface area contributed by atoms with Gasteiger partial charge in [0.15, 0.2) is 0 Å². The summed E-state index contributed by atoms with van der Waals surface area (Å²) in [6.07, 6.45) is 4.24. The number of rotatable bonds is 6. The number of anilines is 2. The summed E-state index contributed by atoms with van der Waals surface area (Å²) >= 11 is 0. The normalized spacial score (nSPS) is 20.5. The van der Waals surface area contributed by atoms with Gasteiger partial charge in [0.2, 0.25) is 5.95 Å². The standard InChI is InChI=1S/C22H31N5O2/c1-25(21-9-10-23-22(24-21)27-12-14-29-15-13-27)19-7-5-11-26(17-19)16-18-6-3-4-8-20(18)28-2/h3-4,6,8-10,19H,5,7,11-17H2,1-2H3. The summed E-state index contributed by atoms with van der Waals surface area (Å²) in [4.78, 5) is 16.4. The number of morpholine rings is 1. The van der Waals surface area contributed by atoms with Crippen molar-refractivity contribution < 1.29 is 9.47 Å². The first-order valence-corrected chi connectivity index (χ1v) is 10.5. The predicted octanol–water partition coefficient (Wildman–Crippen LogP) is 2.42. The number of hydrogen-bond donors (Lipinski definition) is 0. The molecule has 2 fully saturated rings. The van der Waals surface area contributed by atoms with Crippen molar-refractivity contribution in [2.75, 3.05) is 63.4 Å². The molecule has 0 spiro atoms. The van der Waals surface area contributed by atoms with Gasteiger partial charge in [-0.25, -0.2) is 4.98 Å². The second-order valence-corrected chi connectivity index (χ2v) is 7.77. The number of piperidine rings is 1. The van der Waals surface area contributed by atoms with Crippen molar-refractivity contribution in [1.29, 1.82) is 0 Å². The van der Waals surface area contributed by atoms with E-state index < -0.39 is 0 Å². The van der Waals surface area contributed by atoms with Crippen molar-refractivity contribution >= 4 is 11.8 Å². The molecule has 1 atom stereocenters. The number of nitrogens with zero attached hydrogens (tertiary/aromatic N) is 5. The smallest absolute Gasteiger partial charge is 0.227 e. The van der Waals surface area contributed by atoms with Gasteiger partial charge in [-0.05, 0) is 31.5 Å². The number of benzene rings is 1. The monoisotopic (exact) mass is 397 g/mol. The summed E-state index contributed by atoms with van der Waals surface area (Å²) in [6, 6.07) is 10.8. The lowest BCUT2D eigenvalue weighted by Gasteiger charge is -2.38. The lowest BCUT2D eigenvalue weighted by Crippen LogP contribution is -2.46. The first kappa shape index (κ1) is 19.9. The molecule has 156 valence electrons. The molecule has 2 aromatic rings. The molecule has 2 aliphatic heterocycles. The van der Waals surface area contributed by atoms with Crippen LogP contribution in [-0.4, -0.2) is 74.5 Å². The number of ether oxygens (including phenoxy) is 2. The van der Waals surface area contributed by atoms with Crippen LogP contribution in [-0.2, 0) is 11.3 Å². The van der Waals surface area contributed by atoms with Crippen LogP contribution in [0.5, 0.6) is 5.75 Å². The minimum Gasteiger partial charge on any atom is -0.496 e. The van der Waals surface area contributed by atoms with Gasteiger partial charge < -0.3 is 19.3 Å². The Morgan fingerprint density at radius 2 is 2.00 bits per heavy atom. The molecule has 4 rings (SSSR count). The van der Waals surface area contributed by atoms with Crippen molar-refractivity contribution in [3.8, 4) is 5.75 Å². The molecule has 0 radical (unpaired) electrons. The number of para-hydroxylation sites is 1. The minimum absolute atomic E-state index is 0.436. The summed E-state index contributed by atoms with van der Waals surface area (Å²) in [7, 11) is 3.90. The molecular weight excluding hydrogens is 366 g/mol. The highest BCUT2D eigenvalue weighted by Crippen LogP contribution is 2.25. The van der Waals surface area contributed by atoms with Gasteiger partial charge >= 0.3 is 0 Å². The Hall–Kier alpha value is -2.38. The van der Waals surface area contributed by atoms with Crippen LogP contribution in [0.2, 0.25) is 0 Å². The molecule has 0 bridgehead atoms. The fourth-order valence-electron chi connectivity index (χ4n) is 4.20. The molecular formula is C22H31N5O2. The molecule has 2 aliphatic rings. The average molecular weight is 398 g/mol. The van der Waals surface area contributed by atoms with Gasteiger partial charge in [-0.3, -0.25) is 4.90 Å². The zero-order valence-electron chi connectivity index (χ0n) is 17.5. The van der Waals surface area contributed by atoms with Crippen molar-refractivity contribution in [3.63, 3.8) is 0 Å². The Labute approximate surface area is 173 Å². The summed E-state index contributed by atoms with van der Waals surface area (Å²) in [5.41, 5.74) is 1.25. The second-order valence-electron chi connectivity index (χ2n) is 7.77. The average Bonchev–Trinajstić information content (AvgIpc) is 2.80. The zero-order chi connectivity index (χ0) is 20.1. The Bertz CT molecular complexity index is 796. The van der Waals surface area contributed by atoms with Crippen LogP contribution in [0.1, 0.15) is 18.4 Å². The number of hydrogen-bond acceptors (Lipinski definition) is 7. The quantitative estimate of drug-likeness (QED) is 0.742. The van der Waals surface area contributed by atoms with E-state index in [9.17, 15) is 0 Å². The maximum absolute atomic E-state index is 5.53. The molecule has 1 aromatic carbocycles. The van der Waals surface area contributed by atoms with E-state index in [0.717, 1.165) is 63.5 Å². The van der Waals surface area contributed by atoms with Crippen molar-refractivity contribution in [2.24, 2.45) is 0 Å². The first-order valence-electron chi connectivity index (χ1n) is 10.5. The van der Waals surface area contributed by atoms with Gasteiger partial charge in [-0.2, -0.15) is 4.98 Å². The molecule has 0 aliphatic carbocycles. The van der Waals surface area contributed by atoms with Crippen LogP contribution in [0.4, 0.5) is 11.8 Å². The highest BCUT2D eigenvalue weighted by Gasteiger charge is 2.25. The van der Waals surface area contributed by atoms with Crippen LogP contribution in [0.15, 0.2) is 36.5 Å². The maximum atomic E-state index is 5.53. The Morgan fingerprint density at radius 1 is 1.17 bits per heavy atom. The number of aromatic nitrogens is 2. The van der Waals surface area contributed by atoms with Gasteiger partial charge in [-0.1, -0.05) is 18.2 Å². The predicted molar refractivity (Wildman–Crippen MR) is 115 cm³/mol. The summed E-state index contributed by atoms with van der Waals surface area (Å²) in [5.74, 6) is 2.76. The van der Waals surface area contributed by atoms with Crippen LogP contribution >= 0.6 is 0 Å². The fraction of sp³-hybridized carbons (Fsp3) is 0.545. The van der Waals surface area contributed by atoms with E-state index >= 15 is 0 Å². The van der Waals surface area contributed by atoms with Gasteiger partial charge in [0.1, 0.15) is 11.6 Å². The van der Waals surface area contributed by atoms with Crippen LogP contribution in [0.25, 0.3) is 0 Å². The van der Waals surface area contributed by atoms with E-state index in [-0.39, 0.29) is 0 Å². The van der Waals surface area contributed by atoms with Gasteiger partial charge in [0, 0.05) is 51.0 Å². The van der Waals surface area contributed by atoms with E-state index in [1.54, 1.807) is 7.11 Å². The third-order valence-electron chi connectivity index (χ3n) is 5.90. The Morgan fingerprint density at radius 3 is 2.83 bits per heavy atom. The lowest BCUT2D eigenvalue weighted by molar-refractivity contribution is 0.122. The number of likely N-dealkylation sites (tertiary alicyclic amines) is 1. The zero-order valence-corrected chi connectivity index (χ0v) is 17.5. The topological polar surface area (TPSA) is 54.0 Å². The second kappa shape index (κ2) is 9.41.